The molecule has 0 spiro atoms. The summed E-state index contributed by atoms with van der Waals surface area (Å²) < 4.78 is 18.2. The van der Waals surface area contributed by atoms with Crippen molar-refractivity contribution in [3.05, 3.63) is 235 Å². The molecule has 0 unspecified atom stereocenters. The molecule has 0 saturated carbocycles. The van der Waals surface area contributed by atoms with E-state index in [1.54, 1.807) is 15.6 Å². The van der Waals surface area contributed by atoms with Crippen LogP contribution in [0.15, 0.2) is 185 Å². The van der Waals surface area contributed by atoms with E-state index in [1.165, 1.54) is 68.2 Å². The van der Waals surface area contributed by atoms with Gasteiger partial charge in [-0.05, 0) is 83.8 Å². The molecule has 0 atom stereocenters. The average Bonchev–Trinajstić information content (AvgIpc) is 0.754. The van der Waals surface area contributed by atoms with E-state index in [-0.39, 0.29) is 0 Å². The van der Waals surface area contributed by atoms with Crippen molar-refractivity contribution >= 4 is 200 Å². The van der Waals surface area contributed by atoms with Crippen molar-refractivity contribution in [3.8, 4) is 0 Å². The molecule has 24 heteroatoms. The largest absolute Gasteiger partial charge is 0.368 e. The summed E-state index contributed by atoms with van der Waals surface area (Å²) in [6, 6.07) is 57.3. The van der Waals surface area contributed by atoms with Gasteiger partial charge < -0.3 is 23.4 Å². The van der Waals surface area contributed by atoms with Crippen LogP contribution in [0.1, 0.15) is 50.1 Å². The van der Waals surface area contributed by atoms with Crippen molar-refractivity contribution in [2.45, 2.75) is 332 Å². The van der Waals surface area contributed by atoms with E-state index in [9.17, 15) is 0 Å². The second-order valence-corrected chi connectivity index (χ2v) is 141. The maximum Gasteiger partial charge on any atom is 0.141 e. The molecule has 0 aromatic heterocycles. The van der Waals surface area contributed by atoms with E-state index in [2.05, 4.69) is 523 Å². The van der Waals surface area contributed by atoms with Gasteiger partial charge in [0.25, 0.3) is 0 Å². The minimum atomic E-state index is -1.66. The quantitative estimate of drug-likeness (QED) is 0.0380. The van der Waals surface area contributed by atoms with Crippen molar-refractivity contribution in [2.75, 3.05) is 0 Å². The molecular formula is C99H192N6Si18. The summed E-state index contributed by atoms with van der Waals surface area (Å²) in [4.78, 5) is 0. The van der Waals surface area contributed by atoms with Gasteiger partial charge in [0.05, 0.1) is 0 Å². The van der Waals surface area contributed by atoms with Crippen LogP contribution in [-0.2, 0) is 18.1 Å². The lowest BCUT2D eigenvalue weighted by molar-refractivity contribution is 0.874. The third-order valence-electron chi connectivity index (χ3n) is 22.6. The Morgan fingerprint density at radius 1 is 0.203 bits per heavy atom. The van der Waals surface area contributed by atoms with Crippen LogP contribution in [0.4, 0.5) is 0 Å². The fourth-order valence-electron chi connectivity index (χ4n) is 24.4. The van der Waals surface area contributed by atoms with Crippen LogP contribution in [0, 0.1) is 0 Å². The molecule has 6 nitrogen and oxygen atoms in total. The van der Waals surface area contributed by atoms with Crippen molar-refractivity contribution in [1.82, 2.24) is 23.4 Å². The van der Waals surface area contributed by atoms with Crippen molar-refractivity contribution in [2.24, 2.45) is 0 Å². The lowest BCUT2D eigenvalue weighted by atomic mass is 10.1. The number of benzene rings is 6. The molecule has 0 aliphatic heterocycles. The molecule has 0 amide bonds. The van der Waals surface area contributed by atoms with Gasteiger partial charge in [0.15, 0.2) is 0 Å². The van der Waals surface area contributed by atoms with Crippen LogP contribution >= 0.6 is 0 Å². The van der Waals surface area contributed by atoms with Crippen LogP contribution < -0.4 is 15.6 Å². The number of rotatable bonds is 33. The molecular weight excluding hydrogens is 1780 g/mol. The molecule has 0 heterocycles. The normalized spacial score (nSPS) is 13.6. The maximum atomic E-state index is 4.02. The predicted molar refractivity (Wildman–Crippen MR) is 625 cm³/mol. The van der Waals surface area contributed by atoms with E-state index in [1.807, 2.05) is 36.5 Å². The second kappa shape index (κ2) is 45.2. The van der Waals surface area contributed by atoms with E-state index in [0.717, 1.165) is 0 Å². The third-order valence-corrected chi connectivity index (χ3v) is 124. The summed E-state index contributed by atoms with van der Waals surface area (Å²) in [5, 5.41) is 4.63. The van der Waals surface area contributed by atoms with Gasteiger partial charge in [0.2, 0.25) is 0 Å². The van der Waals surface area contributed by atoms with Gasteiger partial charge in [-0.25, -0.2) is 0 Å². The van der Waals surface area contributed by atoms with Gasteiger partial charge in [0, 0.05) is 0 Å². The fourth-order valence-corrected chi connectivity index (χ4v) is 169. The fraction of sp³-hybridized carbons (Fsp3) is 0.515. The highest BCUT2D eigenvalue weighted by atomic mass is 28.5. The summed E-state index contributed by atoms with van der Waals surface area (Å²) in [6.45, 7) is 144. The molecule has 123 heavy (non-hydrogen) atoms. The molecule has 6 aromatic rings. The van der Waals surface area contributed by atoms with E-state index in [4.69, 9.17) is 0 Å². The Bertz CT molecular complexity index is 4250. The maximum absolute atomic E-state index is 4.02. The first-order chi connectivity index (χ1) is 54.9. The molecule has 0 radical (unpaired) electrons. The lowest BCUT2D eigenvalue weighted by Crippen LogP contribution is -2.74. The number of hydrogen-bond donors (Lipinski definition) is 0. The number of nitrogens with zero attached hydrogens (tertiary/aromatic N) is 6. The molecule has 0 bridgehead atoms. The minimum absolute atomic E-state index is 1.21. The van der Waals surface area contributed by atoms with Crippen LogP contribution in [-0.4, -0.2) is 172 Å². The summed E-state index contributed by atoms with van der Waals surface area (Å²) in [7, 11) is -25.1. The van der Waals surface area contributed by atoms with Crippen molar-refractivity contribution in [1.29, 1.82) is 0 Å². The second-order valence-electron chi connectivity index (χ2n) is 50.0. The topological polar surface area (TPSA) is 19.4 Å². The summed E-state index contributed by atoms with van der Waals surface area (Å²) in [5.41, 5.74) is 12.0. The Kier molecular flexibility index (Phi) is 43.6. The van der Waals surface area contributed by atoms with E-state index >= 15 is 0 Å². The molecule has 0 aliphatic carbocycles. The highest BCUT2D eigenvalue weighted by Gasteiger charge is 2.51. The van der Waals surface area contributed by atoms with Crippen LogP contribution in [0.2, 0.25) is 314 Å². The Labute approximate surface area is 783 Å². The van der Waals surface area contributed by atoms with E-state index < -0.39 is 148 Å². The molecule has 0 fully saturated rings. The van der Waals surface area contributed by atoms with Gasteiger partial charge in [-0.15, -0.1) is 0 Å². The van der Waals surface area contributed by atoms with Gasteiger partial charge >= 0.3 is 0 Å². The average molecular weight is 1970 g/mol. The summed E-state index contributed by atoms with van der Waals surface area (Å²) in [5.74, 6) is 0. The predicted octanol–water partition coefficient (Wildman–Crippen LogP) is 30.9. The molecule has 0 aliphatic rings. The first-order valence-corrected chi connectivity index (χ1v) is 106. The minimum Gasteiger partial charge on any atom is -0.368 e. The van der Waals surface area contributed by atoms with Gasteiger partial charge in [-0.2, -0.15) is 0 Å². The first kappa shape index (κ1) is 118. The Balaban J connectivity index is 0.000000738. The van der Waals surface area contributed by atoms with Crippen LogP contribution in [0.25, 0.3) is 36.5 Å². The Morgan fingerprint density at radius 3 is 0.797 bits per heavy atom. The SMILES string of the molecule is C=Cc1ccc(C[Si](C)(C)N([Si](C)(C)C)[Si](C)(C)C)cc1.C=Cc1ccc([Si](C)(C)N([Si](C)(C)C)[Si](C)(C)C)cc1.C=Cc1cccc(C[Si](C)(C)N([Si](C)(C)C)[Si](C)(C)C)c1.C=Cc1cccc([Si](C)(C)N([Si](C)(C)C)[Si](C)(C)C)c1.C=Cc1ccccc1C[Si](C)(C)N([Si](C)(C)C)[Si](C)(C)C.C=Cc1ccccc1[Si](C)(C)N([Si](C)(C)C)[Si](C)(C)C. The highest BCUT2D eigenvalue weighted by Crippen LogP contribution is 2.37. The van der Waals surface area contributed by atoms with E-state index in [0.29, 0.717) is 0 Å². The zero-order valence-electron chi connectivity index (χ0n) is 89.4. The summed E-state index contributed by atoms with van der Waals surface area (Å²) >= 11 is 0. The molecule has 690 valence electrons. The zero-order chi connectivity index (χ0) is 96.7. The van der Waals surface area contributed by atoms with Gasteiger partial charge in [-0.3, -0.25) is 0 Å². The van der Waals surface area contributed by atoms with Gasteiger partial charge in [0.1, 0.15) is 148 Å². The number of hydrogen-bond acceptors (Lipinski definition) is 6. The lowest BCUT2D eigenvalue weighted by Gasteiger charge is -2.53. The highest BCUT2D eigenvalue weighted by molar-refractivity contribution is 7.11. The standard InChI is InChI=1S/3C17H33NSi3.3C16H31NSi3/c1-10-16-11-13-17(14-12-16)15-21(8,9)18(19(2,3)4)20(5,6)7;1-10-16-12-11-13-17(14-16)15-21(8,9)18(19(2,3)4)20(5,6)7;1-10-16-13-11-12-14-17(16)15-21(8,9)18(19(2,3)4)20(5,6)7;1-10-15-11-13-16(14-12-15)20(8,9)17(18(2,3)4)19(5,6)7;1-10-15-12-11-13-16(14-15)20(8,9)17(18(2,3)4)19(5,6)7;1-10-15-13-11-12-14-16(15)20(8,9)17(18(2,3)4)19(5,6)7/h3*10-14H,1,15H2,2-9H3;3*10-14H,1H2,2-9H3. The summed E-state index contributed by atoms with van der Waals surface area (Å²) in [6.07, 6.45) is 11.8. The molecule has 0 saturated heterocycles. The Morgan fingerprint density at radius 2 is 0.472 bits per heavy atom. The van der Waals surface area contributed by atoms with Crippen LogP contribution in [0.3, 0.4) is 0 Å². The van der Waals surface area contributed by atoms with Crippen molar-refractivity contribution in [3.63, 3.8) is 0 Å². The first-order valence-electron chi connectivity index (χ1n) is 46.0. The monoisotopic (exact) mass is 1970 g/mol. The van der Waals surface area contributed by atoms with Crippen molar-refractivity contribution < 1.29 is 0 Å². The third kappa shape index (κ3) is 36.5. The molecule has 6 rings (SSSR count). The zero-order valence-corrected chi connectivity index (χ0v) is 107. The Hall–Kier alpha value is -2.58. The molecule has 0 N–H and O–H groups in total. The van der Waals surface area contributed by atoms with Gasteiger partial charge in [-0.1, -0.05) is 536 Å². The van der Waals surface area contributed by atoms with Crippen LogP contribution in [0.5, 0.6) is 0 Å². The molecule has 6 aromatic carbocycles. The smallest absolute Gasteiger partial charge is 0.141 e.